The molecule has 40 heavy (non-hydrogen) atoms. The smallest absolute Gasteiger partial charge is 0.338 e. The molecule has 0 radical (unpaired) electrons. The van der Waals surface area contributed by atoms with Gasteiger partial charge in [0.05, 0.1) is 0 Å². The zero-order valence-corrected chi connectivity index (χ0v) is 23.2. The molecule has 4 fully saturated rings. The molecule has 2 bridgehead atoms. The molecule has 2 aromatic carbocycles. The van der Waals surface area contributed by atoms with Crippen molar-refractivity contribution in [3.8, 4) is 0 Å². The van der Waals surface area contributed by atoms with Gasteiger partial charge in [0.15, 0.2) is 0 Å². The first kappa shape index (κ1) is 27.5. The molecule has 1 unspecified atom stereocenters. The Kier molecular flexibility index (Phi) is 6.29. The van der Waals surface area contributed by atoms with Gasteiger partial charge in [0.2, 0.25) is 11.6 Å². The van der Waals surface area contributed by atoms with Crippen LogP contribution in [0, 0.1) is 10.8 Å². The number of hydrogen-bond donors (Lipinski definition) is 0. The fourth-order valence-electron chi connectivity index (χ4n) is 8.57. The number of aryl methyl sites for hydroxylation is 1. The van der Waals surface area contributed by atoms with E-state index < -0.39 is 22.7 Å². The number of amides is 1. The lowest BCUT2D eigenvalue weighted by Crippen LogP contribution is -2.56. The molecule has 4 aliphatic carbocycles. The average molecular weight is 556 g/mol. The second kappa shape index (κ2) is 9.15. The van der Waals surface area contributed by atoms with Crippen molar-refractivity contribution >= 4 is 11.7 Å². The van der Waals surface area contributed by atoms with Gasteiger partial charge in [0.25, 0.3) is 0 Å². The van der Waals surface area contributed by atoms with E-state index in [-0.39, 0.29) is 28.7 Å². The number of hydrogen-bond acceptors (Lipinski definition) is 2. The van der Waals surface area contributed by atoms with Crippen molar-refractivity contribution in [3.63, 3.8) is 0 Å². The van der Waals surface area contributed by atoms with Crippen LogP contribution in [0.1, 0.15) is 87.5 Å². The van der Waals surface area contributed by atoms with E-state index in [4.69, 9.17) is 0 Å². The monoisotopic (exact) mass is 555 g/mol. The van der Waals surface area contributed by atoms with E-state index in [1.54, 1.807) is 13.0 Å². The average Bonchev–Trinajstić information content (AvgIpc) is 3.32. The molecule has 1 heterocycles. The SMILES string of the molecule is CC(=O)C12CCC(C(=O)N3CC[C@@]4(Cc5ccccc5)c5ccc(C(C)(F)C(F)(F)F)cc5CC[C@@H]34)(CC1)CC2. The van der Waals surface area contributed by atoms with Gasteiger partial charge in [-0.25, -0.2) is 4.39 Å². The zero-order chi connectivity index (χ0) is 28.6. The third-order valence-corrected chi connectivity index (χ3v) is 11.3. The van der Waals surface area contributed by atoms with E-state index in [9.17, 15) is 27.2 Å². The van der Waals surface area contributed by atoms with Gasteiger partial charge in [-0.2, -0.15) is 13.2 Å². The van der Waals surface area contributed by atoms with Crippen LogP contribution < -0.4 is 0 Å². The Hall–Kier alpha value is -2.70. The molecule has 3 atom stereocenters. The highest BCUT2D eigenvalue weighted by atomic mass is 19.4. The van der Waals surface area contributed by atoms with E-state index in [0.29, 0.717) is 39.2 Å². The molecular formula is C33H37F4NO2. The number of nitrogens with zero attached hydrogens (tertiary/aromatic N) is 1. The molecule has 2 aromatic rings. The van der Waals surface area contributed by atoms with Crippen molar-refractivity contribution < 1.29 is 27.2 Å². The Bertz CT molecular complexity index is 1310. The van der Waals surface area contributed by atoms with Crippen molar-refractivity contribution in [2.75, 3.05) is 6.54 Å². The lowest BCUT2D eigenvalue weighted by Gasteiger charge is -2.53. The first-order chi connectivity index (χ1) is 18.8. The molecule has 7 heteroatoms. The lowest BCUT2D eigenvalue weighted by molar-refractivity contribution is -0.228. The van der Waals surface area contributed by atoms with Crippen molar-refractivity contribution in [2.45, 2.75) is 101 Å². The standard InChI is InChI=1S/C33H37F4NO2/c1-22(39)30-12-15-31(16-13-30,17-14-30)28(40)38-19-18-32(21-23-6-4-3-5-7-23)26-10-9-25(29(2,34)33(35,36)37)20-24(26)8-11-27(32)38/h3-7,9-10,20,27H,8,11-19,21H2,1-2H3/t27-,29?,30?,31?,32-/m1/s1. The number of Topliss-reactive ketones (excluding diaryl/α,β-unsaturated/α-hetero) is 1. The van der Waals surface area contributed by atoms with Crippen molar-refractivity contribution in [2.24, 2.45) is 10.8 Å². The van der Waals surface area contributed by atoms with Crippen LogP contribution in [0.15, 0.2) is 48.5 Å². The minimum Gasteiger partial charge on any atom is -0.338 e. The van der Waals surface area contributed by atoms with E-state index in [2.05, 4.69) is 17.0 Å². The topological polar surface area (TPSA) is 37.4 Å². The molecule has 0 N–H and O–H groups in total. The molecule has 7 rings (SSSR count). The van der Waals surface area contributed by atoms with E-state index >= 15 is 0 Å². The molecule has 0 spiro atoms. The van der Waals surface area contributed by atoms with Crippen molar-refractivity contribution in [3.05, 3.63) is 70.8 Å². The molecule has 0 aromatic heterocycles. The maximum Gasteiger partial charge on any atom is 0.426 e. The first-order valence-electron chi connectivity index (χ1n) is 14.6. The van der Waals surface area contributed by atoms with Crippen molar-refractivity contribution in [1.29, 1.82) is 0 Å². The van der Waals surface area contributed by atoms with Crippen LogP contribution in [-0.2, 0) is 33.5 Å². The van der Waals surface area contributed by atoms with Gasteiger partial charge in [0.1, 0.15) is 5.78 Å². The normalized spacial score (nSPS) is 32.8. The quantitative estimate of drug-likeness (QED) is 0.361. The molecule has 3 nitrogen and oxygen atoms in total. The number of likely N-dealkylation sites (tertiary alicyclic amines) is 1. The number of carbonyl (C=O) groups is 2. The highest BCUT2D eigenvalue weighted by Gasteiger charge is 2.60. The summed E-state index contributed by atoms with van der Waals surface area (Å²) in [7, 11) is 0. The third-order valence-electron chi connectivity index (χ3n) is 11.3. The number of rotatable bonds is 5. The molecule has 5 aliphatic rings. The largest absolute Gasteiger partial charge is 0.426 e. The molecule has 1 saturated heterocycles. The minimum absolute atomic E-state index is 0.0753. The fourth-order valence-corrected chi connectivity index (χ4v) is 8.57. The third kappa shape index (κ3) is 3.97. The Labute approximate surface area is 233 Å². The van der Waals surface area contributed by atoms with Crippen LogP contribution in [0.3, 0.4) is 0 Å². The maximum atomic E-state index is 14.9. The Morgan fingerprint density at radius 2 is 1.52 bits per heavy atom. The van der Waals surface area contributed by atoms with Crippen LogP contribution in [0.5, 0.6) is 0 Å². The fraction of sp³-hybridized carbons (Fsp3) is 0.576. The highest BCUT2D eigenvalue weighted by Crippen LogP contribution is 2.59. The summed E-state index contributed by atoms with van der Waals surface area (Å²) in [5.41, 5.74) is -2.10. The van der Waals surface area contributed by atoms with Gasteiger partial charge in [0, 0.05) is 28.8 Å². The number of carbonyl (C=O) groups excluding carboxylic acids is 2. The van der Waals surface area contributed by atoms with Crippen molar-refractivity contribution in [1.82, 2.24) is 4.90 Å². The minimum atomic E-state index is -5.00. The van der Waals surface area contributed by atoms with Gasteiger partial charge in [-0.3, -0.25) is 9.59 Å². The highest BCUT2D eigenvalue weighted by molar-refractivity contribution is 5.87. The molecule has 3 saturated carbocycles. The number of fused-ring (bicyclic) bond motifs is 6. The second-order valence-electron chi connectivity index (χ2n) is 13.1. The van der Waals surface area contributed by atoms with Crippen LogP contribution >= 0.6 is 0 Å². The van der Waals surface area contributed by atoms with Gasteiger partial charge in [-0.1, -0.05) is 48.5 Å². The Morgan fingerprint density at radius 3 is 2.12 bits per heavy atom. The summed E-state index contributed by atoms with van der Waals surface area (Å²) in [5, 5.41) is 0. The number of alkyl halides is 4. The predicted molar refractivity (Wildman–Crippen MR) is 144 cm³/mol. The summed E-state index contributed by atoms with van der Waals surface area (Å²) < 4.78 is 55.6. The number of benzene rings is 2. The lowest BCUT2D eigenvalue weighted by atomic mass is 9.52. The summed E-state index contributed by atoms with van der Waals surface area (Å²) >= 11 is 0. The number of halogens is 4. The van der Waals surface area contributed by atoms with Gasteiger partial charge in [-0.05, 0) is 100 Å². The van der Waals surface area contributed by atoms with E-state index in [0.717, 1.165) is 55.2 Å². The second-order valence-corrected chi connectivity index (χ2v) is 13.1. The Morgan fingerprint density at radius 1 is 0.900 bits per heavy atom. The summed E-state index contributed by atoms with van der Waals surface area (Å²) in [6.07, 6.45) is 2.06. The Balaban J connectivity index is 1.36. The van der Waals surface area contributed by atoms with Gasteiger partial charge >= 0.3 is 6.18 Å². The maximum absolute atomic E-state index is 14.9. The van der Waals surface area contributed by atoms with Crippen LogP contribution in [-0.4, -0.2) is 35.4 Å². The molecule has 214 valence electrons. The number of ketones is 1. The van der Waals surface area contributed by atoms with Crippen LogP contribution in [0.4, 0.5) is 17.6 Å². The summed E-state index contributed by atoms with van der Waals surface area (Å²) in [5.74, 6) is 0.437. The zero-order valence-electron chi connectivity index (χ0n) is 23.2. The van der Waals surface area contributed by atoms with Crippen LogP contribution in [0.2, 0.25) is 0 Å². The first-order valence-corrected chi connectivity index (χ1v) is 14.6. The molecule has 1 aliphatic heterocycles. The van der Waals surface area contributed by atoms with Crippen LogP contribution in [0.25, 0.3) is 0 Å². The molecule has 1 amide bonds. The van der Waals surface area contributed by atoms with Gasteiger partial charge in [-0.15, -0.1) is 0 Å². The molecular weight excluding hydrogens is 518 g/mol. The summed E-state index contributed by atoms with van der Waals surface area (Å²) in [6, 6.07) is 14.4. The summed E-state index contributed by atoms with van der Waals surface area (Å²) in [4.78, 5) is 28.8. The van der Waals surface area contributed by atoms with E-state index in [1.807, 2.05) is 18.2 Å². The summed E-state index contributed by atoms with van der Waals surface area (Å²) in [6.45, 7) is 2.87. The van der Waals surface area contributed by atoms with Gasteiger partial charge < -0.3 is 4.90 Å². The van der Waals surface area contributed by atoms with E-state index in [1.165, 1.54) is 12.1 Å². The predicted octanol–water partition coefficient (Wildman–Crippen LogP) is 7.39.